The highest BCUT2D eigenvalue weighted by Crippen LogP contribution is 2.28. The predicted molar refractivity (Wildman–Crippen MR) is 146 cm³/mol. The smallest absolute Gasteiger partial charge is 0.336 e. The van der Waals surface area contributed by atoms with Crippen LogP contribution in [0.15, 0.2) is 53.3 Å². The molecule has 1 fully saturated rings. The fourth-order valence-corrected chi connectivity index (χ4v) is 5.53. The second-order valence-electron chi connectivity index (χ2n) is 10.8. The number of aromatic nitrogens is 2. The maximum atomic E-state index is 13.6. The molecule has 37 heavy (non-hydrogen) atoms. The first-order valence-corrected chi connectivity index (χ1v) is 13.5. The van der Waals surface area contributed by atoms with Crippen molar-refractivity contribution in [2.75, 3.05) is 0 Å². The van der Waals surface area contributed by atoms with E-state index in [9.17, 15) is 19.5 Å². The van der Waals surface area contributed by atoms with Gasteiger partial charge in [0.25, 0.3) is 0 Å². The Hall–Kier alpha value is -3.41. The Morgan fingerprint density at radius 3 is 2.32 bits per heavy atom. The Labute approximate surface area is 219 Å². The molecule has 1 N–H and O–H groups in total. The third-order valence-electron chi connectivity index (χ3n) is 7.66. The molecular weight excluding hydrogens is 464 g/mol. The Morgan fingerprint density at radius 1 is 1.00 bits per heavy atom. The minimum atomic E-state index is -0.962. The average Bonchev–Trinajstić information content (AvgIpc) is 3.12. The van der Waals surface area contributed by atoms with E-state index in [1.807, 2.05) is 37.3 Å². The number of carboxylic acids is 1. The normalized spacial score (nSPS) is 14.3. The van der Waals surface area contributed by atoms with Gasteiger partial charge in [0.1, 0.15) is 0 Å². The average molecular weight is 503 g/mol. The van der Waals surface area contributed by atoms with Gasteiger partial charge in [-0.15, -0.1) is 0 Å². The first-order valence-electron chi connectivity index (χ1n) is 13.5. The summed E-state index contributed by atoms with van der Waals surface area (Å²) in [5, 5.41) is 9.54. The number of carbonyl (C=O) groups excluding carboxylic acids is 1. The highest BCUT2D eigenvalue weighted by molar-refractivity contribution is 5.96. The summed E-state index contributed by atoms with van der Waals surface area (Å²) in [6, 6.07) is 14.6. The summed E-state index contributed by atoms with van der Waals surface area (Å²) in [7, 11) is 0. The lowest BCUT2D eigenvalue weighted by molar-refractivity contribution is 0.0697. The van der Waals surface area contributed by atoms with Crippen LogP contribution in [-0.4, -0.2) is 26.1 Å². The third kappa shape index (κ3) is 6.12. The first kappa shape index (κ1) is 26.6. The highest BCUT2D eigenvalue weighted by atomic mass is 16.4. The first-order chi connectivity index (χ1) is 17.8. The molecular formula is C31H38N2O4. The molecule has 1 saturated carbocycles. The SMILES string of the molecule is Cc1c(CCC(C)C)n(Cc2ccc(-c3ccccc3C(=O)O)cc2)c(=O)n1C(=O)CC1CCCCC1. The molecule has 0 amide bonds. The van der Waals surface area contributed by atoms with Crippen molar-refractivity contribution in [1.82, 2.24) is 9.13 Å². The van der Waals surface area contributed by atoms with Crippen molar-refractivity contribution in [1.29, 1.82) is 0 Å². The van der Waals surface area contributed by atoms with E-state index >= 15 is 0 Å². The molecule has 3 aromatic rings. The largest absolute Gasteiger partial charge is 0.478 e. The van der Waals surface area contributed by atoms with E-state index < -0.39 is 5.97 Å². The van der Waals surface area contributed by atoms with Crippen LogP contribution in [0.5, 0.6) is 0 Å². The molecule has 0 unspecified atom stereocenters. The predicted octanol–water partition coefficient (Wildman–Crippen LogP) is 6.57. The van der Waals surface area contributed by atoms with Crippen LogP contribution in [0.2, 0.25) is 0 Å². The van der Waals surface area contributed by atoms with E-state index in [-0.39, 0.29) is 17.2 Å². The van der Waals surface area contributed by atoms with Crippen molar-refractivity contribution in [3.05, 3.63) is 81.5 Å². The van der Waals surface area contributed by atoms with Crippen LogP contribution in [0.4, 0.5) is 0 Å². The van der Waals surface area contributed by atoms with Gasteiger partial charge >= 0.3 is 11.7 Å². The molecule has 1 aliphatic rings. The van der Waals surface area contributed by atoms with Gasteiger partial charge in [-0.2, -0.15) is 0 Å². The fourth-order valence-electron chi connectivity index (χ4n) is 5.53. The van der Waals surface area contributed by atoms with Crippen LogP contribution in [0, 0.1) is 18.8 Å². The second kappa shape index (κ2) is 11.8. The van der Waals surface area contributed by atoms with Crippen molar-refractivity contribution in [2.45, 2.75) is 78.7 Å². The molecule has 1 aromatic heterocycles. The zero-order chi connectivity index (χ0) is 26.5. The van der Waals surface area contributed by atoms with Crippen molar-refractivity contribution in [3.63, 3.8) is 0 Å². The molecule has 196 valence electrons. The summed E-state index contributed by atoms with van der Waals surface area (Å²) in [5.41, 5.74) is 4.09. The van der Waals surface area contributed by atoms with Crippen molar-refractivity contribution >= 4 is 11.9 Å². The van der Waals surface area contributed by atoms with E-state index in [2.05, 4.69) is 13.8 Å². The minimum Gasteiger partial charge on any atom is -0.478 e. The maximum Gasteiger partial charge on any atom is 0.336 e. The molecule has 4 rings (SSSR count). The van der Waals surface area contributed by atoms with Gasteiger partial charge in [-0.1, -0.05) is 75.6 Å². The third-order valence-corrected chi connectivity index (χ3v) is 7.66. The van der Waals surface area contributed by atoms with Crippen LogP contribution in [0.3, 0.4) is 0 Å². The van der Waals surface area contributed by atoms with Gasteiger partial charge in [0.05, 0.1) is 12.1 Å². The van der Waals surface area contributed by atoms with Gasteiger partial charge in [0, 0.05) is 17.8 Å². The number of carbonyl (C=O) groups is 2. The molecule has 1 heterocycles. The summed E-state index contributed by atoms with van der Waals surface area (Å²) in [6.07, 6.45) is 7.82. The Bertz CT molecular complexity index is 1310. The second-order valence-corrected chi connectivity index (χ2v) is 10.8. The minimum absolute atomic E-state index is 0.0837. The number of rotatable bonds is 9. The zero-order valence-electron chi connectivity index (χ0n) is 22.2. The quantitative estimate of drug-likeness (QED) is 0.359. The number of aromatic carboxylic acids is 1. The zero-order valence-corrected chi connectivity index (χ0v) is 22.2. The number of imidazole rings is 1. The lowest BCUT2D eigenvalue weighted by Gasteiger charge is -2.20. The van der Waals surface area contributed by atoms with Crippen LogP contribution in [0.25, 0.3) is 11.1 Å². The van der Waals surface area contributed by atoms with Crippen LogP contribution < -0.4 is 5.69 Å². The molecule has 1 aliphatic carbocycles. The van der Waals surface area contributed by atoms with Gasteiger partial charge in [0.15, 0.2) is 0 Å². The number of benzene rings is 2. The van der Waals surface area contributed by atoms with Gasteiger partial charge < -0.3 is 5.11 Å². The summed E-state index contributed by atoms with van der Waals surface area (Å²) in [5.74, 6) is -0.190. The van der Waals surface area contributed by atoms with Crippen LogP contribution in [-0.2, 0) is 13.0 Å². The van der Waals surface area contributed by atoms with E-state index in [4.69, 9.17) is 0 Å². The van der Waals surface area contributed by atoms with Crippen molar-refractivity contribution < 1.29 is 14.7 Å². The van der Waals surface area contributed by atoms with E-state index in [1.165, 1.54) is 23.8 Å². The van der Waals surface area contributed by atoms with Crippen LogP contribution in [0.1, 0.15) is 90.9 Å². The molecule has 0 radical (unpaired) electrons. The number of hydrogen-bond donors (Lipinski definition) is 1. The van der Waals surface area contributed by atoms with Crippen molar-refractivity contribution in [3.8, 4) is 11.1 Å². The lowest BCUT2D eigenvalue weighted by Crippen LogP contribution is -2.31. The molecule has 0 spiro atoms. The number of hydrogen-bond acceptors (Lipinski definition) is 3. The van der Waals surface area contributed by atoms with E-state index in [0.29, 0.717) is 30.4 Å². The molecule has 6 nitrogen and oxygen atoms in total. The van der Waals surface area contributed by atoms with Crippen molar-refractivity contribution in [2.24, 2.45) is 11.8 Å². The summed E-state index contributed by atoms with van der Waals surface area (Å²) in [4.78, 5) is 38.5. The molecule has 2 aromatic carbocycles. The van der Waals surface area contributed by atoms with Gasteiger partial charge in [-0.25, -0.2) is 14.2 Å². The Kier molecular flexibility index (Phi) is 8.47. The summed E-state index contributed by atoms with van der Waals surface area (Å²) < 4.78 is 3.18. The lowest BCUT2D eigenvalue weighted by atomic mass is 9.87. The topological polar surface area (TPSA) is 81.3 Å². The maximum absolute atomic E-state index is 13.6. The summed E-state index contributed by atoms with van der Waals surface area (Å²) in [6.45, 7) is 6.60. The van der Waals surface area contributed by atoms with Crippen LogP contribution >= 0.6 is 0 Å². The van der Waals surface area contributed by atoms with Gasteiger partial charge in [-0.3, -0.25) is 9.36 Å². The molecule has 6 heteroatoms. The van der Waals surface area contributed by atoms with Gasteiger partial charge in [-0.05, 0) is 67.2 Å². The van der Waals surface area contributed by atoms with E-state index in [0.717, 1.165) is 48.2 Å². The molecule has 0 atom stereocenters. The highest BCUT2D eigenvalue weighted by Gasteiger charge is 2.25. The molecule has 0 saturated heterocycles. The standard InChI is InChI=1S/C31H38N2O4/c1-21(2)13-18-28-22(3)33(29(34)19-23-9-5-4-6-10-23)31(37)32(28)20-24-14-16-25(17-15-24)26-11-7-8-12-27(26)30(35)36/h7-8,11-12,14-17,21,23H,4-6,9-10,13,18-20H2,1-3H3,(H,35,36). The number of carboxylic acid groups (broad SMARTS) is 1. The monoisotopic (exact) mass is 502 g/mol. The fraction of sp³-hybridized carbons (Fsp3) is 0.452. The molecule has 0 bridgehead atoms. The van der Waals surface area contributed by atoms with E-state index in [1.54, 1.807) is 22.8 Å². The Morgan fingerprint density at radius 2 is 1.68 bits per heavy atom. The Balaban J connectivity index is 1.63. The molecule has 0 aliphatic heterocycles. The van der Waals surface area contributed by atoms with Gasteiger partial charge in [0.2, 0.25) is 5.91 Å². The summed E-state index contributed by atoms with van der Waals surface area (Å²) >= 11 is 0. The number of nitrogens with zero attached hydrogens (tertiary/aromatic N) is 2.